The Kier molecular flexibility index (Phi) is 7.89. The SMILES string of the molecule is c1ccc(-c2ccc(N(c3cc(-c4ccccc4)cc(-c4ccccc4)c3)c3ccc4ccc5c(-n6c7ccccc7c7ccccc76)ccc6ccc3c4c65)cc2)cc1. The molecule has 0 unspecified atom stereocenters. The number of benzene rings is 11. The third-order valence-electron chi connectivity index (χ3n) is 12.3. The fourth-order valence-electron chi connectivity index (χ4n) is 9.54. The number of hydrogen-bond acceptors (Lipinski definition) is 1. The Balaban J connectivity index is 1.13. The highest BCUT2D eigenvalue weighted by Gasteiger charge is 2.22. The second kappa shape index (κ2) is 13.9. The van der Waals surface area contributed by atoms with Crippen LogP contribution >= 0.6 is 0 Å². The third-order valence-corrected chi connectivity index (χ3v) is 12.3. The van der Waals surface area contributed by atoms with Crippen LogP contribution in [-0.2, 0) is 0 Å². The van der Waals surface area contributed by atoms with Crippen molar-refractivity contribution in [1.29, 1.82) is 0 Å². The van der Waals surface area contributed by atoms with Crippen LogP contribution in [0.25, 0.3) is 93.2 Å². The molecule has 11 aromatic carbocycles. The van der Waals surface area contributed by atoms with Gasteiger partial charge in [-0.1, -0.05) is 176 Å². The van der Waals surface area contributed by atoms with Crippen molar-refractivity contribution in [3.05, 3.63) is 231 Å². The molecular formula is C58H38N2. The van der Waals surface area contributed by atoms with Gasteiger partial charge in [-0.3, -0.25) is 0 Å². The molecule has 0 aliphatic heterocycles. The minimum atomic E-state index is 1.10. The van der Waals surface area contributed by atoms with Gasteiger partial charge in [0.25, 0.3) is 0 Å². The molecule has 60 heavy (non-hydrogen) atoms. The van der Waals surface area contributed by atoms with E-state index in [1.807, 2.05) is 0 Å². The minimum absolute atomic E-state index is 1.10. The zero-order valence-corrected chi connectivity index (χ0v) is 32.8. The van der Waals surface area contributed by atoms with Crippen molar-refractivity contribution in [2.45, 2.75) is 0 Å². The first-order valence-corrected chi connectivity index (χ1v) is 20.7. The van der Waals surface area contributed by atoms with Crippen LogP contribution in [0, 0.1) is 0 Å². The second-order valence-electron chi connectivity index (χ2n) is 15.7. The van der Waals surface area contributed by atoms with Gasteiger partial charge in [0, 0.05) is 32.9 Å². The molecule has 0 fully saturated rings. The summed E-state index contributed by atoms with van der Waals surface area (Å²) in [6.45, 7) is 0. The summed E-state index contributed by atoms with van der Waals surface area (Å²) in [5.74, 6) is 0. The number of rotatable bonds is 7. The average molecular weight is 763 g/mol. The summed E-state index contributed by atoms with van der Waals surface area (Å²) in [6, 6.07) is 84.3. The molecule has 0 saturated heterocycles. The normalized spacial score (nSPS) is 11.7. The summed E-state index contributed by atoms with van der Waals surface area (Å²) in [5, 5.41) is 10.0. The van der Waals surface area contributed by atoms with Gasteiger partial charge in [-0.15, -0.1) is 0 Å². The molecule has 1 aromatic heterocycles. The van der Waals surface area contributed by atoms with Crippen molar-refractivity contribution in [2.75, 3.05) is 4.90 Å². The molecule has 0 N–H and O–H groups in total. The Morgan fingerprint density at radius 2 is 0.733 bits per heavy atom. The molecule has 0 aliphatic carbocycles. The molecule has 12 rings (SSSR count). The van der Waals surface area contributed by atoms with Crippen LogP contribution in [0.1, 0.15) is 0 Å². The Bertz CT molecular complexity index is 3400. The van der Waals surface area contributed by atoms with Gasteiger partial charge in [-0.2, -0.15) is 0 Å². The topological polar surface area (TPSA) is 8.17 Å². The van der Waals surface area contributed by atoms with E-state index in [4.69, 9.17) is 0 Å². The van der Waals surface area contributed by atoms with Crippen molar-refractivity contribution in [1.82, 2.24) is 4.57 Å². The van der Waals surface area contributed by atoms with Gasteiger partial charge in [-0.05, 0) is 110 Å². The first-order valence-electron chi connectivity index (χ1n) is 20.7. The van der Waals surface area contributed by atoms with Crippen LogP contribution in [-0.4, -0.2) is 4.57 Å². The smallest absolute Gasteiger partial charge is 0.0541 e. The highest BCUT2D eigenvalue weighted by atomic mass is 15.1. The van der Waals surface area contributed by atoms with Crippen molar-refractivity contribution in [3.63, 3.8) is 0 Å². The monoisotopic (exact) mass is 762 g/mol. The zero-order valence-electron chi connectivity index (χ0n) is 32.8. The maximum atomic E-state index is 2.47. The first kappa shape index (κ1) is 34.1. The van der Waals surface area contributed by atoms with Gasteiger partial charge in [0.2, 0.25) is 0 Å². The lowest BCUT2D eigenvalue weighted by molar-refractivity contribution is 1.20. The largest absolute Gasteiger partial charge is 0.310 e. The second-order valence-corrected chi connectivity index (χ2v) is 15.7. The fourth-order valence-corrected chi connectivity index (χ4v) is 9.54. The number of hydrogen-bond donors (Lipinski definition) is 0. The molecule has 1 heterocycles. The van der Waals surface area contributed by atoms with Crippen LogP contribution < -0.4 is 4.90 Å². The van der Waals surface area contributed by atoms with Gasteiger partial charge in [0.05, 0.1) is 22.4 Å². The molecule has 12 aromatic rings. The van der Waals surface area contributed by atoms with Gasteiger partial charge in [0.15, 0.2) is 0 Å². The van der Waals surface area contributed by atoms with Crippen LogP contribution in [0.4, 0.5) is 17.1 Å². The molecular weight excluding hydrogens is 725 g/mol. The number of fused-ring (bicyclic) bond motifs is 3. The lowest BCUT2D eigenvalue weighted by Gasteiger charge is -2.29. The lowest BCUT2D eigenvalue weighted by atomic mass is 9.91. The van der Waals surface area contributed by atoms with Crippen LogP contribution in [0.3, 0.4) is 0 Å². The van der Waals surface area contributed by atoms with Crippen molar-refractivity contribution in [2.24, 2.45) is 0 Å². The van der Waals surface area contributed by atoms with E-state index in [0.717, 1.165) is 17.1 Å². The molecule has 0 amide bonds. The highest BCUT2D eigenvalue weighted by molar-refractivity contribution is 6.27. The number of anilines is 3. The highest BCUT2D eigenvalue weighted by Crippen LogP contribution is 2.47. The van der Waals surface area contributed by atoms with Crippen molar-refractivity contribution < 1.29 is 0 Å². The predicted octanol–water partition coefficient (Wildman–Crippen LogP) is 16.2. The molecule has 0 spiro atoms. The molecule has 0 saturated carbocycles. The van der Waals surface area contributed by atoms with E-state index in [9.17, 15) is 0 Å². The molecule has 0 radical (unpaired) electrons. The molecule has 0 bridgehead atoms. The van der Waals surface area contributed by atoms with Gasteiger partial charge >= 0.3 is 0 Å². The van der Waals surface area contributed by atoms with E-state index in [2.05, 4.69) is 240 Å². The summed E-state index contributed by atoms with van der Waals surface area (Å²) in [4.78, 5) is 2.47. The van der Waals surface area contributed by atoms with E-state index >= 15 is 0 Å². The third kappa shape index (κ3) is 5.50. The van der Waals surface area contributed by atoms with E-state index in [0.29, 0.717) is 0 Å². The van der Waals surface area contributed by atoms with Crippen molar-refractivity contribution >= 4 is 71.2 Å². The Morgan fingerprint density at radius 1 is 0.283 bits per heavy atom. The number of para-hydroxylation sites is 2. The Morgan fingerprint density at radius 3 is 1.32 bits per heavy atom. The quantitative estimate of drug-likeness (QED) is 0.147. The maximum Gasteiger partial charge on any atom is 0.0541 e. The molecule has 0 aliphatic rings. The molecule has 0 atom stereocenters. The number of nitrogens with zero attached hydrogens (tertiary/aromatic N) is 2. The summed E-state index contributed by atoms with van der Waals surface area (Å²) in [5.41, 5.74) is 14.1. The van der Waals surface area contributed by atoms with Gasteiger partial charge in [-0.25, -0.2) is 0 Å². The van der Waals surface area contributed by atoms with Crippen LogP contribution in [0.15, 0.2) is 231 Å². The van der Waals surface area contributed by atoms with E-state index in [-0.39, 0.29) is 0 Å². The summed E-state index contributed by atoms with van der Waals surface area (Å²) in [7, 11) is 0. The molecule has 2 nitrogen and oxygen atoms in total. The summed E-state index contributed by atoms with van der Waals surface area (Å²) < 4.78 is 2.46. The maximum absolute atomic E-state index is 2.47. The zero-order chi connectivity index (χ0) is 39.6. The average Bonchev–Trinajstić information content (AvgIpc) is 3.66. The predicted molar refractivity (Wildman–Crippen MR) is 255 cm³/mol. The Hall–Kier alpha value is -7.94. The van der Waals surface area contributed by atoms with Gasteiger partial charge < -0.3 is 9.47 Å². The summed E-state index contributed by atoms with van der Waals surface area (Å²) >= 11 is 0. The lowest BCUT2D eigenvalue weighted by Crippen LogP contribution is -2.11. The molecule has 280 valence electrons. The molecule has 2 heteroatoms. The number of aromatic nitrogens is 1. The van der Waals surface area contributed by atoms with E-state index < -0.39 is 0 Å². The Labute approximate surface area is 348 Å². The first-order chi connectivity index (χ1) is 29.8. The van der Waals surface area contributed by atoms with Gasteiger partial charge in [0.1, 0.15) is 0 Å². The summed E-state index contributed by atoms with van der Waals surface area (Å²) in [6.07, 6.45) is 0. The van der Waals surface area contributed by atoms with Crippen LogP contribution in [0.2, 0.25) is 0 Å². The van der Waals surface area contributed by atoms with Crippen LogP contribution in [0.5, 0.6) is 0 Å². The standard InChI is InChI=1S/C58H38N2/c1-4-14-39(15-5-1)42-24-30-47(31-25-42)59(48-37-45(40-16-6-2-7-17-40)36-46(38-48)41-18-8-3-9-19-41)55-34-28-43-27-33-52-56(35-29-44-26-32-51(55)57(43)58(44)52)60-53-22-12-10-20-49(53)50-21-11-13-23-54(50)60/h1-38H. The fraction of sp³-hybridized carbons (Fsp3) is 0. The van der Waals surface area contributed by atoms with Crippen molar-refractivity contribution in [3.8, 4) is 39.1 Å². The minimum Gasteiger partial charge on any atom is -0.310 e. The van der Waals surface area contributed by atoms with E-state index in [1.54, 1.807) is 0 Å². The van der Waals surface area contributed by atoms with E-state index in [1.165, 1.54) is 93.2 Å².